The van der Waals surface area contributed by atoms with Crippen LogP contribution in [0.3, 0.4) is 0 Å². The number of Topliss-reactive ketones (excluding diaryl/α,β-unsaturated/α-hetero) is 1. The van der Waals surface area contributed by atoms with Gasteiger partial charge >= 0.3 is 5.91 Å². The third-order valence-corrected chi connectivity index (χ3v) is 6.17. The first-order valence-electron chi connectivity index (χ1n) is 8.99. The van der Waals surface area contributed by atoms with E-state index in [4.69, 9.17) is 11.6 Å². The van der Waals surface area contributed by atoms with E-state index in [0.717, 1.165) is 10.7 Å². The van der Waals surface area contributed by atoms with E-state index >= 15 is 0 Å². The first kappa shape index (κ1) is 19.0. The molecule has 9 heteroatoms. The van der Waals surface area contributed by atoms with Gasteiger partial charge in [0.2, 0.25) is 5.91 Å². The number of hydrogen-bond acceptors (Lipinski definition) is 6. The van der Waals surface area contributed by atoms with Gasteiger partial charge in [0.15, 0.2) is 0 Å². The molecule has 0 saturated carbocycles. The van der Waals surface area contributed by atoms with Gasteiger partial charge < -0.3 is 4.90 Å². The van der Waals surface area contributed by atoms with Crippen LogP contribution >= 0.6 is 22.9 Å². The molecule has 146 valence electrons. The largest absolute Gasteiger partial charge is 0.340 e. The number of rotatable bonds is 4. The van der Waals surface area contributed by atoms with Crippen LogP contribution in [0.5, 0.6) is 0 Å². The molecule has 0 bridgehead atoms. The van der Waals surface area contributed by atoms with Gasteiger partial charge in [-0.05, 0) is 25.1 Å². The first-order valence-corrected chi connectivity index (χ1v) is 10.2. The van der Waals surface area contributed by atoms with Crippen LogP contribution in [0.25, 0.3) is 0 Å². The number of nitrogens with zero attached hydrogens (tertiary/aromatic N) is 4. The summed E-state index contributed by atoms with van der Waals surface area (Å²) in [5.74, 6) is -0.985. The van der Waals surface area contributed by atoms with Gasteiger partial charge in [-0.2, -0.15) is 0 Å². The molecule has 0 atom stereocenters. The highest BCUT2D eigenvalue weighted by Crippen LogP contribution is 2.31. The van der Waals surface area contributed by atoms with Crippen molar-refractivity contribution >= 4 is 46.2 Å². The van der Waals surface area contributed by atoms with E-state index in [1.165, 1.54) is 22.3 Å². The Morgan fingerprint density at radius 1 is 1.21 bits per heavy atom. The number of carbonyl (C=O) groups is 3. The molecule has 0 radical (unpaired) electrons. The van der Waals surface area contributed by atoms with Crippen molar-refractivity contribution in [1.82, 2.24) is 14.8 Å². The molecular formula is C19H19ClN4O3S. The molecule has 2 amide bonds. The number of ketones is 1. The number of amides is 2. The van der Waals surface area contributed by atoms with Gasteiger partial charge in [-0.3, -0.25) is 24.2 Å². The molecule has 1 aromatic carbocycles. The molecule has 1 saturated heterocycles. The van der Waals surface area contributed by atoms with Crippen LogP contribution in [0.2, 0.25) is 5.02 Å². The molecule has 4 rings (SSSR count). The lowest BCUT2D eigenvalue weighted by atomic mass is 10.1. The zero-order valence-electron chi connectivity index (χ0n) is 15.4. The number of aryl methyl sites for hydroxylation is 1. The predicted molar refractivity (Wildman–Crippen MR) is 107 cm³/mol. The third-order valence-electron chi connectivity index (χ3n) is 4.97. The second-order valence-electron chi connectivity index (χ2n) is 6.92. The second-order valence-corrected chi connectivity index (χ2v) is 8.30. The van der Waals surface area contributed by atoms with E-state index in [1.807, 2.05) is 17.2 Å². The second kappa shape index (κ2) is 7.62. The molecule has 0 unspecified atom stereocenters. The Kier molecular flexibility index (Phi) is 5.18. The van der Waals surface area contributed by atoms with Crippen LogP contribution in [-0.2, 0) is 16.0 Å². The van der Waals surface area contributed by atoms with E-state index in [0.29, 0.717) is 55.5 Å². The van der Waals surface area contributed by atoms with Gasteiger partial charge in [-0.15, -0.1) is 11.3 Å². The van der Waals surface area contributed by atoms with E-state index in [1.54, 1.807) is 12.1 Å². The zero-order valence-corrected chi connectivity index (χ0v) is 16.9. The van der Waals surface area contributed by atoms with Crippen molar-refractivity contribution in [2.75, 3.05) is 37.7 Å². The lowest BCUT2D eigenvalue weighted by Crippen LogP contribution is -2.52. The smallest absolute Gasteiger partial charge is 0.300 e. The molecule has 2 aliphatic rings. The van der Waals surface area contributed by atoms with Crippen molar-refractivity contribution in [2.45, 2.75) is 13.3 Å². The fourth-order valence-corrected chi connectivity index (χ4v) is 4.41. The summed E-state index contributed by atoms with van der Waals surface area (Å²) in [7, 11) is 0. The number of hydrogen-bond donors (Lipinski definition) is 0. The number of anilines is 1. The number of thiazole rings is 1. The van der Waals surface area contributed by atoms with E-state index < -0.39 is 11.7 Å². The molecule has 2 aliphatic heterocycles. The van der Waals surface area contributed by atoms with Crippen LogP contribution in [0.15, 0.2) is 23.6 Å². The Balaban J connectivity index is 1.35. The Hall–Kier alpha value is -2.29. The molecule has 3 heterocycles. The van der Waals surface area contributed by atoms with Gasteiger partial charge in [-0.25, -0.2) is 4.98 Å². The Morgan fingerprint density at radius 2 is 1.96 bits per heavy atom. The molecule has 7 nitrogen and oxygen atoms in total. The minimum absolute atomic E-state index is 0.0708. The lowest BCUT2D eigenvalue weighted by Gasteiger charge is -2.36. The van der Waals surface area contributed by atoms with Crippen molar-refractivity contribution < 1.29 is 14.4 Å². The van der Waals surface area contributed by atoms with Gasteiger partial charge in [0.1, 0.15) is 5.01 Å². The molecule has 0 N–H and O–H groups in total. The first-order chi connectivity index (χ1) is 13.4. The highest BCUT2D eigenvalue weighted by molar-refractivity contribution is 7.09. The standard InChI is InChI=1S/C19H19ClN4O3S/c1-12-10-28-16(21-12)9-17(25)23-6-4-22(5-7-23)11-24-15-3-2-13(20)8-14(15)18(26)19(24)27/h2-3,8,10H,4-7,9,11H2,1H3. The molecule has 0 spiro atoms. The Labute approximate surface area is 171 Å². The normalized spacial score (nSPS) is 17.4. The third kappa shape index (κ3) is 3.67. The van der Waals surface area contributed by atoms with Crippen molar-refractivity contribution in [3.8, 4) is 0 Å². The molecule has 28 heavy (non-hydrogen) atoms. The van der Waals surface area contributed by atoms with Gasteiger partial charge in [-0.1, -0.05) is 11.6 Å². The number of aromatic nitrogens is 1. The maximum Gasteiger partial charge on any atom is 0.300 e. The number of piperazine rings is 1. The summed E-state index contributed by atoms with van der Waals surface area (Å²) in [4.78, 5) is 46.8. The topological polar surface area (TPSA) is 73.8 Å². The Bertz CT molecular complexity index is 952. The minimum Gasteiger partial charge on any atom is -0.340 e. The quantitative estimate of drug-likeness (QED) is 0.710. The summed E-state index contributed by atoms with van der Waals surface area (Å²) >= 11 is 7.45. The summed E-state index contributed by atoms with van der Waals surface area (Å²) in [5.41, 5.74) is 1.88. The summed E-state index contributed by atoms with van der Waals surface area (Å²) in [6.45, 7) is 4.71. The number of halogens is 1. The Morgan fingerprint density at radius 3 is 2.64 bits per heavy atom. The maximum atomic E-state index is 12.5. The molecular weight excluding hydrogens is 400 g/mol. The highest BCUT2D eigenvalue weighted by atomic mass is 35.5. The van der Waals surface area contributed by atoms with Crippen LogP contribution in [-0.4, -0.2) is 65.2 Å². The van der Waals surface area contributed by atoms with Crippen LogP contribution < -0.4 is 4.90 Å². The average Bonchev–Trinajstić information content (AvgIpc) is 3.19. The molecule has 1 aromatic heterocycles. The monoisotopic (exact) mass is 418 g/mol. The van der Waals surface area contributed by atoms with Crippen LogP contribution in [0.1, 0.15) is 21.1 Å². The summed E-state index contributed by atoms with van der Waals surface area (Å²) in [5, 5.41) is 3.21. The number of benzene rings is 1. The van der Waals surface area contributed by atoms with Gasteiger partial charge in [0, 0.05) is 42.3 Å². The molecule has 1 fully saturated rings. The van der Waals surface area contributed by atoms with E-state index in [2.05, 4.69) is 9.88 Å². The molecule has 2 aromatic rings. The lowest BCUT2D eigenvalue weighted by molar-refractivity contribution is -0.132. The van der Waals surface area contributed by atoms with E-state index in [9.17, 15) is 14.4 Å². The van der Waals surface area contributed by atoms with Crippen LogP contribution in [0, 0.1) is 6.92 Å². The van der Waals surface area contributed by atoms with Crippen LogP contribution in [0.4, 0.5) is 5.69 Å². The fraction of sp³-hybridized carbons (Fsp3) is 0.368. The van der Waals surface area contributed by atoms with Gasteiger partial charge in [0.05, 0.1) is 24.3 Å². The predicted octanol–water partition coefficient (Wildman–Crippen LogP) is 1.98. The van der Waals surface area contributed by atoms with E-state index in [-0.39, 0.29) is 5.91 Å². The SMILES string of the molecule is Cc1csc(CC(=O)N2CCN(CN3C(=O)C(=O)c4cc(Cl)ccc43)CC2)n1. The zero-order chi connectivity index (χ0) is 19.8. The maximum absolute atomic E-state index is 12.5. The highest BCUT2D eigenvalue weighted by Gasteiger charge is 2.37. The average molecular weight is 419 g/mol. The van der Waals surface area contributed by atoms with Crippen molar-refractivity contribution in [3.63, 3.8) is 0 Å². The van der Waals surface area contributed by atoms with Crippen molar-refractivity contribution in [2.24, 2.45) is 0 Å². The fourth-order valence-electron chi connectivity index (χ4n) is 3.48. The molecule has 0 aliphatic carbocycles. The van der Waals surface area contributed by atoms with Gasteiger partial charge in [0.25, 0.3) is 5.78 Å². The number of carbonyl (C=O) groups excluding carboxylic acids is 3. The minimum atomic E-state index is -0.532. The van der Waals surface area contributed by atoms with Crippen molar-refractivity contribution in [3.05, 3.63) is 44.9 Å². The summed E-state index contributed by atoms with van der Waals surface area (Å²) in [6.07, 6.45) is 0.325. The summed E-state index contributed by atoms with van der Waals surface area (Å²) in [6, 6.07) is 4.92. The van der Waals surface area contributed by atoms with Crippen molar-refractivity contribution in [1.29, 1.82) is 0 Å². The summed E-state index contributed by atoms with van der Waals surface area (Å²) < 4.78 is 0. The number of fused-ring (bicyclic) bond motifs is 1.